The molecule has 0 bridgehead atoms. The number of hydrogen-bond donors (Lipinski definition) is 3. The topological polar surface area (TPSA) is 111 Å². The Labute approximate surface area is 121 Å². The minimum atomic E-state index is -1.28. The molecule has 1 fully saturated rings. The fourth-order valence-corrected chi connectivity index (χ4v) is 2.41. The van der Waals surface area contributed by atoms with Gasteiger partial charge in [-0.3, -0.25) is 4.90 Å². The molecular formula is C11H16ClN5O3. The Hall–Kier alpha value is -1.96. The Morgan fingerprint density at radius 3 is 2.60 bits per heavy atom. The largest absolute Gasteiger partial charge is 0.478 e. The lowest BCUT2D eigenvalue weighted by Crippen LogP contribution is -2.57. The first-order chi connectivity index (χ1) is 9.08. The second-order valence-corrected chi connectivity index (χ2v) is 5.85. The number of carboxylic acid groups (broad SMARTS) is 1. The Morgan fingerprint density at radius 1 is 1.55 bits per heavy atom. The van der Waals surface area contributed by atoms with Crippen LogP contribution in [0.4, 0.5) is 4.79 Å². The van der Waals surface area contributed by atoms with E-state index in [-0.39, 0.29) is 17.4 Å². The highest BCUT2D eigenvalue weighted by Crippen LogP contribution is 2.34. The van der Waals surface area contributed by atoms with Crippen LogP contribution in [0.2, 0.25) is 0 Å². The van der Waals surface area contributed by atoms with Crippen LogP contribution < -0.4 is 11.1 Å². The van der Waals surface area contributed by atoms with Gasteiger partial charge in [0.2, 0.25) is 5.79 Å². The Balaban J connectivity index is 2.37. The molecule has 2 rings (SSSR count). The summed E-state index contributed by atoms with van der Waals surface area (Å²) in [6.07, 6.45) is 1.12. The van der Waals surface area contributed by atoms with Crippen LogP contribution in [0.3, 0.4) is 0 Å². The number of hydrogen-bond acceptors (Lipinski definition) is 5. The van der Waals surface area contributed by atoms with Crippen LogP contribution in [-0.4, -0.2) is 50.5 Å². The van der Waals surface area contributed by atoms with Crippen molar-refractivity contribution in [1.82, 2.24) is 14.6 Å². The van der Waals surface area contributed by atoms with E-state index < -0.39 is 17.3 Å². The third kappa shape index (κ3) is 2.05. The predicted octanol–water partition coefficient (Wildman–Crippen LogP) is 0.259. The maximum Gasteiger partial charge on any atom is 0.341 e. The zero-order valence-electron chi connectivity index (χ0n) is 11.3. The summed E-state index contributed by atoms with van der Waals surface area (Å²) in [6.45, 7) is 5.67. The van der Waals surface area contributed by atoms with Crippen molar-refractivity contribution >= 4 is 30.0 Å². The average molecular weight is 302 g/mol. The smallest absolute Gasteiger partial charge is 0.341 e. The summed E-state index contributed by atoms with van der Waals surface area (Å²) in [5.41, 5.74) is 5.08. The standard InChI is InChI=1S/C11H16ClN5O3/c1-10(2)5-16(9(20)15-10)11(3)14-4-6(8(18)19)7(13)17(11)12/h4H,5,13H2,1-3H3,(H,15,20)(H,18,19). The van der Waals surface area contributed by atoms with E-state index in [2.05, 4.69) is 10.3 Å². The van der Waals surface area contributed by atoms with Crippen LogP contribution in [0.5, 0.6) is 0 Å². The van der Waals surface area contributed by atoms with Gasteiger partial charge in [0.25, 0.3) is 0 Å². The summed E-state index contributed by atoms with van der Waals surface area (Å²) < 4.78 is 0.970. The molecule has 2 aliphatic rings. The van der Waals surface area contributed by atoms with Crippen molar-refractivity contribution in [2.45, 2.75) is 32.1 Å². The van der Waals surface area contributed by atoms with Crippen LogP contribution >= 0.6 is 11.8 Å². The SMILES string of the molecule is CC1(C)CN(C2(C)N=CC(C(=O)O)=C(N)N2Cl)C(=O)N1. The number of aliphatic imine (C=N–C) groups is 1. The maximum atomic E-state index is 12.0. The van der Waals surface area contributed by atoms with Crippen LogP contribution in [0.25, 0.3) is 0 Å². The number of nitrogens with two attached hydrogens (primary N) is 1. The average Bonchev–Trinajstić information content (AvgIpc) is 2.60. The molecule has 1 unspecified atom stereocenters. The van der Waals surface area contributed by atoms with Gasteiger partial charge in [0, 0.05) is 31.5 Å². The van der Waals surface area contributed by atoms with E-state index in [1.54, 1.807) is 6.92 Å². The number of carboxylic acids is 1. The second kappa shape index (κ2) is 4.27. The van der Waals surface area contributed by atoms with Gasteiger partial charge in [-0.1, -0.05) is 0 Å². The zero-order valence-corrected chi connectivity index (χ0v) is 12.1. The van der Waals surface area contributed by atoms with Crippen molar-refractivity contribution in [2.75, 3.05) is 6.54 Å². The minimum absolute atomic E-state index is 0.158. The first kappa shape index (κ1) is 14.4. The number of nitrogens with one attached hydrogen (secondary N) is 1. The van der Waals surface area contributed by atoms with Gasteiger partial charge >= 0.3 is 12.0 Å². The quantitative estimate of drug-likeness (QED) is 0.633. The van der Waals surface area contributed by atoms with Crippen molar-refractivity contribution in [3.05, 3.63) is 11.4 Å². The number of amides is 2. The molecule has 0 spiro atoms. The number of urea groups is 1. The Bertz CT molecular complexity index is 544. The van der Waals surface area contributed by atoms with E-state index in [4.69, 9.17) is 22.6 Å². The maximum absolute atomic E-state index is 12.0. The van der Waals surface area contributed by atoms with Gasteiger partial charge in [-0.05, 0) is 13.8 Å². The van der Waals surface area contributed by atoms with E-state index in [9.17, 15) is 9.59 Å². The molecule has 1 saturated heterocycles. The number of aliphatic carboxylic acids is 1. The molecule has 20 heavy (non-hydrogen) atoms. The molecular weight excluding hydrogens is 286 g/mol. The second-order valence-electron chi connectivity index (χ2n) is 5.51. The third-order valence-corrected chi connectivity index (χ3v) is 3.79. The van der Waals surface area contributed by atoms with E-state index in [0.717, 1.165) is 10.6 Å². The van der Waals surface area contributed by atoms with Crippen molar-refractivity contribution in [1.29, 1.82) is 0 Å². The molecule has 4 N–H and O–H groups in total. The van der Waals surface area contributed by atoms with Crippen LogP contribution in [0.1, 0.15) is 20.8 Å². The lowest BCUT2D eigenvalue weighted by Gasteiger charge is -2.42. The first-order valence-electron chi connectivity index (χ1n) is 5.92. The zero-order chi connectivity index (χ0) is 15.3. The number of carbonyl (C=O) groups excluding carboxylic acids is 1. The van der Waals surface area contributed by atoms with Crippen LogP contribution in [-0.2, 0) is 4.79 Å². The highest BCUT2D eigenvalue weighted by Gasteiger charge is 2.50. The summed E-state index contributed by atoms with van der Waals surface area (Å²) in [4.78, 5) is 28.6. The van der Waals surface area contributed by atoms with E-state index in [0.29, 0.717) is 6.54 Å². The predicted molar refractivity (Wildman–Crippen MR) is 72.8 cm³/mol. The fraction of sp³-hybridized carbons (Fsp3) is 0.545. The van der Waals surface area contributed by atoms with Gasteiger partial charge in [0.15, 0.2) is 0 Å². The molecule has 1 atom stereocenters. The number of rotatable bonds is 2. The monoisotopic (exact) mass is 301 g/mol. The van der Waals surface area contributed by atoms with E-state index in [1.807, 2.05) is 13.8 Å². The molecule has 2 heterocycles. The third-order valence-electron chi connectivity index (χ3n) is 3.28. The summed E-state index contributed by atoms with van der Waals surface area (Å²) in [5, 5.41) is 11.8. The van der Waals surface area contributed by atoms with Crippen LogP contribution in [0, 0.1) is 0 Å². The molecule has 0 aliphatic carbocycles. The van der Waals surface area contributed by atoms with Gasteiger partial charge in [-0.15, -0.1) is 0 Å². The highest BCUT2D eigenvalue weighted by atomic mass is 35.5. The Kier molecular flexibility index (Phi) is 3.09. The molecule has 8 nitrogen and oxygen atoms in total. The van der Waals surface area contributed by atoms with Gasteiger partial charge in [0.05, 0.1) is 5.54 Å². The van der Waals surface area contributed by atoms with Gasteiger partial charge in [0.1, 0.15) is 11.4 Å². The summed E-state index contributed by atoms with van der Waals surface area (Å²) >= 11 is 6.10. The summed E-state index contributed by atoms with van der Waals surface area (Å²) in [5.74, 6) is -2.66. The summed E-state index contributed by atoms with van der Waals surface area (Å²) in [6, 6.07) is -0.341. The summed E-state index contributed by atoms with van der Waals surface area (Å²) in [7, 11) is 0. The number of halogens is 1. The molecule has 0 aromatic rings. The first-order valence-corrected chi connectivity index (χ1v) is 6.26. The van der Waals surface area contributed by atoms with E-state index >= 15 is 0 Å². The number of carbonyl (C=O) groups is 2. The van der Waals surface area contributed by atoms with Crippen LogP contribution in [0.15, 0.2) is 16.4 Å². The Morgan fingerprint density at radius 2 is 2.15 bits per heavy atom. The molecule has 0 aromatic heterocycles. The van der Waals surface area contributed by atoms with Crippen molar-refractivity contribution in [3.63, 3.8) is 0 Å². The van der Waals surface area contributed by atoms with Crippen molar-refractivity contribution < 1.29 is 14.7 Å². The van der Waals surface area contributed by atoms with Crippen molar-refractivity contribution in [2.24, 2.45) is 10.7 Å². The van der Waals surface area contributed by atoms with Gasteiger partial charge in [-0.25, -0.2) is 19.0 Å². The molecule has 2 amide bonds. The van der Waals surface area contributed by atoms with Gasteiger partial charge in [-0.2, -0.15) is 0 Å². The molecule has 0 aromatic carbocycles. The molecule has 0 saturated carbocycles. The minimum Gasteiger partial charge on any atom is -0.478 e. The highest BCUT2D eigenvalue weighted by molar-refractivity contribution is 6.18. The molecule has 0 radical (unpaired) electrons. The van der Waals surface area contributed by atoms with E-state index in [1.165, 1.54) is 4.90 Å². The lowest BCUT2D eigenvalue weighted by molar-refractivity contribution is -0.132. The van der Waals surface area contributed by atoms with Gasteiger partial charge < -0.3 is 16.2 Å². The fourth-order valence-electron chi connectivity index (χ4n) is 2.18. The molecule has 2 aliphatic heterocycles. The lowest BCUT2D eigenvalue weighted by atomic mass is 10.1. The van der Waals surface area contributed by atoms with Crippen molar-refractivity contribution in [3.8, 4) is 0 Å². The number of nitrogens with zero attached hydrogens (tertiary/aromatic N) is 3. The molecule has 9 heteroatoms. The molecule has 110 valence electrons. The normalized spacial score (nSPS) is 28.9.